The lowest BCUT2D eigenvalue weighted by molar-refractivity contribution is -0.125. The molecule has 0 unspecified atom stereocenters. The summed E-state index contributed by atoms with van der Waals surface area (Å²) in [4.78, 5) is 26.3. The van der Waals surface area contributed by atoms with Crippen molar-refractivity contribution in [1.82, 2.24) is 14.5 Å². The normalized spacial score (nSPS) is 19.5. The third-order valence-corrected chi connectivity index (χ3v) is 7.12. The maximum Gasteiger partial charge on any atom is 0.253 e. The summed E-state index contributed by atoms with van der Waals surface area (Å²) in [5.74, 6) is -0.143. The van der Waals surface area contributed by atoms with Gasteiger partial charge in [-0.25, -0.2) is 8.42 Å². The van der Waals surface area contributed by atoms with Gasteiger partial charge < -0.3 is 10.2 Å². The van der Waals surface area contributed by atoms with Crippen molar-refractivity contribution in [2.24, 2.45) is 5.92 Å². The van der Waals surface area contributed by atoms with Crippen LogP contribution >= 0.6 is 0 Å². The quantitative estimate of drug-likeness (QED) is 0.848. The number of nitrogens with one attached hydrogen (secondary N) is 1. The van der Waals surface area contributed by atoms with Crippen LogP contribution in [-0.2, 0) is 14.8 Å². The molecule has 0 saturated carbocycles. The van der Waals surface area contributed by atoms with Crippen LogP contribution in [0, 0.1) is 5.92 Å². The lowest BCUT2D eigenvalue weighted by atomic mass is 9.95. The minimum atomic E-state index is -3.46. The summed E-state index contributed by atoms with van der Waals surface area (Å²) in [5.41, 5.74) is 0.476. The third-order valence-electron chi connectivity index (χ3n) is 5.20. The van der Waals surface area contributed by atoms with E-state index in [0.717, 1.165) is 12.8 Å². The van der Waals surface area contributed by atoms with E-state index >= 15 is 0 Å². The van der Waals surface area contributed by atoms with Crippen LogP contribution in [0.25, 0.3) is 0 Å². The van der Waals surface area contributed by atoms with Crippen molar-refractivity contribution in [2.75, 3.05) is 33.2 Å². The summed E-state index contributed by atoms with van der Waals surface area (Å²) in [6, 6.07) is 6.18. The first-order valence-corrected chi connectivity index (χ1v) is 10.5. The maximum atomic E-state index is 12.6. The van der Waals surface area contributed by atoms with Gasteiger partial charge in [-0.2, -0.15) is 4.31 Å². The largest absolute Gasteiger partial charge is 0.359 e. The molecule has 8 heteroatoms. The molecule has 0 bridgehead atoms. The SMILES string of the molecule is CNC(=O)C1CCN(C(=O)c2ccc(S(=O)(=O)N3CCCC3)cc2)CC1. The van der Waals surface area contributed by atoms with E-state index in [1.54, 1.807) is 24.1 Å². The lowest BCUT2D eigenvalue weighted by Crippen LogP contribution is -2.42. The van der Waals surface area contributed by atoms with Gasteiger partial charge in [0, 0.05) is 44.7 Å². The monoisotopic (exact) mass is 379 g/mol. The molecule has 2 heterocycles. The highest BCUT2D eigenvalue weighted by atomic mass is 32.2. The topological polar surface area (TPSA) is 86.8 Å². The van der Waals surface area contributed by atoms with Crippen molar-refractivity contribution in [2.45, 2.75) is 30.6 Å². The number of rotatable bonds is 4. The molecule has 2 amide bonds. The molecule has 1 aromatic carbocycles. The fraction of sp³-hybridized carbons (Fsp3) is 0.556. The van der Waals surface area contributed by atoms with Gasteiger partial charge in [-0.15, -0.1) is 0 Å². The highest BCUT2D eigenvalue weighted by molar-refractivity contribution is 7.89. The predicted molar refractivity (Wildman–Crippen MR) is 97.1 cm³/mol. The van der Waals surface area contributed by atoms with Gasteiger partial charge in [-0.05, 0) is 49.9 Å². The molecule has 7 nitrogen and oxygen atoms in total. The molecule has 2 fully saturated rings. The fourth-order valence-electron chi connectivity index (χ4n) is 3.58. The smallest absolute Gasteiger partial charge is 0.253 e. The van der Waals surface area contributed by atoms with Crippen molar-refractivity contribution in [3.8, 4) is 0 Å². The van der Waals surface area contributed by atoms with Crippen LogP contribution < -0.4 is 5.32 Å². The van der Waals surface area contributed by atoms with Gasteiger partial charge in [0.25, 0.3) is 5.91 Å². The molecule has 3 rings (SSSR count). The molecule has 0 atom stereocenters. The minimum absolute atomic E-state index is 0.0218. The Morgan fingerprint density at radius 3 is 2.12 bits per heavy atom. The van der Waals surface area contributed by atoms with Crippen molar-refractivity contribution < 1.29 is 18.0 Å². The highest BCUT2D eigenvalue weighted by Gasteiger charge is 2.29. The van der Waals surface area contributed by atoms with E-state index in [9.17, 15) is 18.0 Å². The van der Waals surface area contributed by atoms with Gasteiger partial charge in [0.2, 0.25) is 15.9 Å². The first-order chi connectivity index (χ1) is 12.4. The number of amides is 2. The number of hydrogen-bond acceptors (Lipinski definition) is 4. The first-order valence-electron chi connectivity index (χ1n) is 9.04. The van der Waals surface area contributed by atoms with E-state index in [1.807, 2.05) is 0 Å². The molecule has 2 aliphatic rings. The summed E-state index contributed by atoms with van der Waals surface area (Å²) < 4.78 is 26.6. The van der Waals surface area contributed by atoms with E-state index in [2.05, 4.69) is 5.32 Å². The second kappa shape index (κ2) is 7.75. The predicted octanol–water partition coefficient (Wildman–Crippen LogP) is 1.07. The number of carbonyl (C=O) groups is 2. The Labute approximate surface area is 154 Å². The van der Waals surface area contributed by atoms with Crippen LogP contribution in [0.1, 0.15) is 36.0 Å². The van der Waals surface area contributed by atoms with Crippen molar-refractivity contribution >= 4 is 21.8 Å². The molecule has 0 aliphatic carbocycles. The Balaban J connectivity index is 1.65. The highest BCUT2D eigenvalue weighted by Crippen LogP contribution is 2.23. The number of sulfonamides is 1. The van der Waals surface area contributed by atoms with Crippen LogP contribution in [0.15, 0.2) is 29.2 Å². The lowest BCUT2D eigenvalue weighted by Gasteiger charge is -2.31. The summed E-state index contributed by atoms with van der Waals surface area (Å²) in [5, 5.41) is 2.65. The molecular formula is C18H25N3O4S. The number of hydrogen-bond donors (Lipinski definition) is 1. The molecule has 0 aromatic heterocycles. The Bertz CT molecular complexity index is 762. The zero-order valence-corrected chi connectivity index (χ0v) is 15.8. The number of nitrogens with zero attached hydrogens (tertiary/aromatic N) is 2. The van der Waals surface area contributed by atoms with E-state index in [4.69, 9.17) is 0 Å². The second-order valence-electron chi connectivity index (χ2n) is 6.82. The minimum Gasteiger partial charge on any atom is -0.359 e. The van der Waals surface area contributed by atoms with Crippen LogP contribution in [0.2, 0.25) is 0 Å². The third kappa shape index (κ3) is 3.76. The molecule has 0 spiro atoms. The van der Waals surface area contributed by atoms with E-state index < -0.39 is 10.0 Å². The zero-order valence-electron chi connectivity index (χ0n) is 15.0. The van der Waals surface area contributed by atoms with Gasteiger partial charge in [0.1, 0.15) is 0 Å². The standard InChI is InChI=1S/C18H25N3O4S/c1-19-17(22)14-8-12-20(13-9-14)18(23)15-4-6-16(7-5-15)26(24,25)21-10-2-3-11-21/h4-7,14H,2-3,8-13H2,1H3,(H,19,22). The zero-order chi connectivity index (χ0) is 18.7. The number of benzene rings is 1. The maximum absolute atomic E-state index is 12.6. The number of carbonyl (C=O) groups excluding carboxylic acids is 2. The van der Waals surface area contributed by atoms with Crippen LogP contribution in [-0.4, -0.2) is 62.7 Å². The summed E-state index contributed by atoms with van der Waals surface area (Å²) in [7, 11) is -1.84. The van der Waals surface area contributed by atoms with Crippen LogP contribution in [0.4, 0.5) is 0 Å². The average molecular weight is 379 g/mol. The van der Waals surface area contributed by atoms with Crippen molar-refractivity contribution in [3.05, 3.63) is 29.8 Å². The summed E-state index contributed by atoms with van der Waals surface area (Å²) in [6.07, 6.45) is 3.07. The number of piperidine rings is 1. The molecule has 1 N–H and O–H groups in total. The van der Waals surface area contributed by atoms with Crippen LogP contribution in [0.3, 0.4) is 0 Å². The molecule has 142 valence electrons. The van der Waals surface area contributed by atoms with E-state index in [0.29, 0.717) is 44.6 Å². The molecule has 0 radical (unpaired) electrons. The Morgan fingerprint density at radius 2 is 1.58 bits per heavy atom. The van der Waals surface area contributed by atoms with Crippen molar-refractivity contribution in [1.29, 1.82) is 0 Å². The van der Waals surface area contributed by atoms with Gasteiger partial charge in [0.05, 0.1) is 4.90 Å². The Hall–Kier alpha value is -1.93. The van der Waals surface area contributed by atoms with Crippen LogP contribution in [0.5, 0.6) is 0 Å². The van der Waals surface area contributed by atoms with Gasteiger partial charge in [-0.3, -0.25) is 9.59 Å². The van der Waals surface area contributed by atoms with Crippen molar-refractivity contribution in [3.63, 3.8) is 0 Å². The molecule has 1 aromatic rings. The molecular weight excluding hydrogens is 354 g/mol. The molecule has 2 saturated heterocycles. The summed E-state index contributed by atoms with van der Waals surface area (Å²) in [6.45, 7) is 2.18. The Morgan fingerprint density at radius 1 is 1.00 bits per heavy atom. The van der Waals surface area contributed by atoms with Gasteiger partial charge in [0.15, 0.2) is 0 Å². The fourth-order valence-corrected chi connectivity index (χ4v) is 5.10. The Kier molecular flexibility index (Phi) is 5.62. The van der Waals surface area contributed by atoms with Gasteiger partial charge >= 0.3 is 0 Å². The van der Waals surface area contributed by atoms with E-state index in [-0.39, 0.29) is 22.6 Å². The van der Waals surface area contributed by atoms with E-state index in [1.165, 1.54) is 16.4 Å². The molecule has 2 aliphatic heterocycles. The second-order valence-corrected chi connectivity index (χ2v) is 8.75. The molecule has 26 heavy (non-hydrogen) atoms. The average Bonchev–Trinajstić information content (AvgIpc) is 3.23. The first kappa shape index (κ1) is 18.8. The number of likely N-dealkylation sites (tertiary alicyclic amines) is 1. The summed E-state index contributed by atoms with van der Waals surface area (Å²) >= 11 is 0. The van der Waals surface area contributed by atoms with Gasteiger partial charge in [-0.1, -0.05) is 0 Å².